The van der Waals surface area contributed by atoms with E-state index in [4.69, 9.17) is 4.74 Å². The molecule has 5 heteroatoms. The van der Waals surface area contributed by atoms with Gasteiger partial charge in [-0.15, -0.1) is 0 Å². The molecule has 1 aromatic rings. The largest absolute Gasteiger partial charge is 0.497 e. The molecule has 0 radical (unpaired) electrons. The summed E-state index contributed by atoms with van der Waals surface area (Å²) in [7, 11) is 1.59. The standard InChI is InChI=1S/C11H14N2O3/c1-16-9-4-2-8(3-5-9)11-12-7-6-10(14)13(11)15/h2-5,11-12,15H,6-7H2,1H3. The zero-order valence-electron chi connectivity index (χ0n) is 9.01. The normalized spacial score (nSPS) is 21.0. The van der Waals surface area contributed by atoms with Crippen molar-refractivity contribution in [3.63, 3.8) is 0 Å². The van der Waals surface area contributed by atoms with E-state index in [2.05, 4.69) is 5.32 Å². The molecular weight excluding hydrogens is 208 g/mol. The van der Waals surface area contributed by atoms with E-state index >= 15 is 0 Å². The second kappa shape index (κ2) is 4.51. The van der Waals surface area contributed by atoms with Gasteiger partial charge in [0.15, 0.2) is 0 Å². The lowest BCUT2D eigenvalue weighted by atomic mass is 10.1. The quantitative estimate of drug-likeness (QED) is 0.730. The van der Waals surface area contributed by atoms with E-state index in [9.17, 15) is 10.0 Å². The third-order valence-corrected chi connectivity index (χ3v) is 2.61. The van der Waals surface area contributed by atoms with Gasteiger partial charge < -0.3 is 4.74 Å². The number of nitrogens with one attached hydrogen (secondary N) is 1. The van der Waals surface area contributed by atoms with Gasteiger partial charge in [-0.05, 0) is 17.7 Å². The van der Waals surface area contributed by atoms with E-state index in [1.54, 1.807) is 19.2 Å². The number of carbonyl (C=O) groups is 1. The Morgan fingerprint density at radius 2 is 2.12 bits per heavy atom. The fourth-order valence-electron chi connectivity index (χ4n) is 1.71. The number of hydrogen-bond acceptors (Lipinski definition) is 4. The van der Waals surface area contributed by atoms with E-state index in [1.165, 1.54) is 0 Å². The zero-order chi connectivity index (χ0) is 11.5. The van der Waals surface area contributed by atoms with E-state index in [-0.39, 0.29) is 5.91 Å². The Morgan fingerprint density at radius 1 is 1.44 bits per heavy atom. The number of amides is 1. The molecule has 2 rings (SSSR count). The van der Waals surface area contributed by atoms with Crippen LogP contribution in [0.25, 0.3) is 0 Å². The van der Waals surface area contributed by atoms with Crippen LogP contribution in [-0.4, -0.2) is 29.8 Å². The minimum atomic E-state index is -0.466. The van der Waals surface area contributed by atoms with Gasteiger partial charge in [0.1, 0.15) is 11.9 Å². The van der Waals surface area contributed by atoms with Crippen LogP contribution in [0.2, 0.25) is 0 Å². The third-order valence-electron chi connectivity index (χ3n) is 2.61. The minimum absolute atomic E-state index is 0.264. The molecule has 1 aliphatic rings. The van der Waals surface area contributed by atoms with Crippen LogP contribution in [0.15, 0.2) is 24.3 Å². The number of nitrogens with zero attached hydrogens (tertiary/aromatic N) is 1. The number of hydroxylamine groups is 2. The summed E-state index contributed by atoms with van der Waals surface area (Å²) < 4.78 is 5.04. The first-order valence-electron chi connectivity index (χ1n) is 5.10. The van der Waals surface area contributed by atoms with Crippen molar-refractivity contribution in [2.45, 2.75) is 12.6 Å². The predicted molar refractivity (Wildman–Crippen MR) is 57.0 cm³/mol. The summed E-state index contributed by atoms with van der Waals surface area (Å²) in [5, 5.41) is 13.4. The highest BCUT2D eigenvalue weighted by atomic mass is 16.5. The Kier molecular flexibility index (Phi) is 3.07. The zero-order valence-corrected chi connectivity index (χ0v) is 9.01. The molecule has 0 aliphatic carbocycles. The van der Waals surface area contributed by atoms with Crippen molar-refractivity contribution >= 4 is 5.91 Å². The van der Waals surface area contributed by atoms with E-state index in [0.717, 1.165) is 16.4 Å². The third kappa shape index (κ3) is 2.00. The summed E-state index contributed by atoms with van der Waals surface area (Å²) in [4.78, 5) is 11.3. The molecule has 1 fully saturated rings. The second-order valence-electron chi connectivity index (χ2n) is 3.62. The Labute approximate surface area is 93.6 Å². The van der Waals surface area contributed by atoms with Gasteiger partial charge in [-0.25, -0.2) is 5.06 Å². The lowest BCUT2D eigenvalue weighted by Crippen LogP contribution is -2.46. The van der Waals surface area contributed by atoms with E-state index in [1.807, 2.05) is 12.1 Å². The van der Waals surface area contributed by atoms with Gasteiger partial charge in [0.25, 0.3) is 0 Å². The first kappa shape index (κ1) is 10.9. The molecular formula is C11H14N2O3. The molecule has 0 saturated carbocycles. The molecule has 86 valence electrons. The number of carbonyl (C=O) groups excluding carboxylic acids is 1. The van der Waals surface area contributed by atoms with Crippen molar-refractivity contribution in [1.29, 1.82) is 0 Å². The molecule has 1 heterocycles. The van der Waals surface area contributed by atoms with Gasteiger partial charge in [0.05, 0.1) is 7.11 Å². The Balaban J connectivity index is 2.19. The molecule has 1 saturated heterocycles. The summed E-state index contributed by atoms with van der Waals surface area (Å²) in [5.74, 6) is 0.481. The van der Waals surface area contributed by atoms with Crippen LogP contribution in [-0.2, 0) is 4.79 Å². The smallest absolute Gasteiger partial charge is 0.249 e. The van der Waals surface area contributed by atoms with Crippen LogP contribution in [0.4, 0.5) is 0 Å². The van der Waals surface area contributed by atoms with Gasteiger partial charge in [0.2, 0.25) is 5.91 Å². The van der Waals surface area contributed by atoms with Crippen molar-refractivity contribution in [2.75, 3.05) is 13.7 Å². The number of rotatable bonds is 2. The minimum Gasteiger partial charge on any atom is -0.497 e. The van der Waals surface area contributed by atoms with E-state index < -0.39 is 6.17 Å². The highest BCUT2D eigenvalue weighted by Gasteiger charge is 2.27. The van der Waals surface area contributed by atoms with Crippen LogP contribution in [0, 0.1) is 0 Å². The lowest BCUT2D eigenvalue weighted by molar-refractivity contribution is -0.185. The van der Waals surface area contributed by atoms with Gasteiger partial charge >= 0.3 is 0 Å². The average molecular weight is 222 g/mol. The molecule has 0 bridgehead atoms. The Hall–Kier alpha value is -1.59. The lowest BCUT2D eigenvalue weighted by Gasteiger charge is -2.31. The number of methoxy groups -OCH3 is 1. The van der Waals surface area contributed by atoms with Crippen LogP contribution >= 0.6 is 0 Å². The highest BCUT2D eigenvalue weighted by Crippen LogP contribution is 2.22. The van der Waals surface area contributed by atoms with Crippen LogP contribution in [0.1, 0.15) is 18.2 Å². The first-order chi connectivity index (χ1) is 7.72. The Morgan fingerprint density at radius 3 is 2.75 bits per heavy atom. The molecule has 1 amide bonds. The number of hydrogen-bond donors (Lipinski definition) is 2. The second-order valence-corrected chi connectivity index (χ2v) is 3.62. The molecule has 0 aromatic heterocycles. The van der Waals surface area contributed by atoms with Gasteiger partial charge in [-0.1, -0.05) is 12.1 Å². The van der Waals surface area contributed by atoms with Crippen LogP contribution in [0.3, 0.4) is 0 Å². The monoisotopic (exact) mass is 222 g/mol. The summed E-state index contributed by atoms with van der Waals surface area (Å²) in [6.07, 6.45) is -0.143. The van der Waals surface area contributed by atoms with Crippen molar-refractivity contribution < 1.29 is 14.7 Å². The van der Waals surface area contributed by atoms with Crippen molar-refractivity contribution in [2.24, 2.45) is 0 Å². The van der Waals surface area contributed by atoms with Crippen molar-refractivity contribution in [3.8, 4) is 5.75 Å². The summed E-state index contributed by atoms with van der Waals surface area (Å²) >= 11 is 0. The molecule has 5 nitrogen and oxygen atoms in total. The van der Waals surface area contributed by atoms with Crippen LogP contribution in [0.5, 0.6) is 5.75 Å². The fourth-order valence-corrected chi connectivity index (χ4v) is 1.71. The van der Waals surface area contributed by atoms with Crippen LogP contribution < -0.4 is 10.1 Å². The molecule has 0 spiro atoms. The number of ether oxygens (including phenoxy) is 1. The molecule has 1 aliphatic heterocycles. The molecule has 16 heavy (non-hydrogen) atoms. The maximum Gasteiger partial charge on any atom is 0.249 e. The predicted octanol–water partition coefficient (Wildman–Crippen LogP) is 0.905. The summed E-state index contributed by atoms with van der Waals surface area (Å²) in [6, 6.07) is 7.23. The maximum atomic E-state index is 11.3. The molecule has 2 N–H and O–H groups in total. The highest BCUT2D eigenvalue weighted by molar-refractivity contribution is 5.76. The van der Waals surface area contributed by atoms with Crippen molar-refractivity contribution in [3.05, 3.63) is 29.8 Å². The van der Waals surface area contributed by atoms with Gasteiger partial charge in [0, 0.05) is 13.0 Å². The van der Waals surface area contributed by atoms with E-state index in [0.29, 0.717) is 13.0 Å². The topological polar surface area (TPSA) is 61.8 Å². The Bertz CT molecular complexity index is 377. The van der Waals surface area contributed by atoms with Gasteiger partial charge in [-0.3, -0.25) is 15.3 Å². The molecule has 1 aromatic carbocycles. The average Bonchev–Trinajstić information content (AvgIpc) is 2.33. The molecule has 1 atom stereocenters. The number of benzene rings is 1. The fraction of sp³-hybridized carbons (Fsp3) is 0.364. The summed E-state index contributed by atoms with van der Waals surface area (Å²) in [5.41, 5.74) is 0.830. The first-order valence-corrected chi connectivity index (χ1v) is 5.10. The maximum absolute atomic E-state index is 11.3. The molecule has 1 unspecified atom stereocenters. The summed E-state index contributed by atoms with van der Waals surface area (Å²) in [6.45, 7) is 0.576. The SMILES string of the molecule is COc1ccc(C2NCCC(=O)N2O)cc1. The van der Waals surface area contributed by atoms with Gasteiger partial charge in [-0.2, -0.15) is 0 Å². The van der Waals surface area contributed by atoms with Crippen molar-refractivity contribution in [1.82, 2.24) is 10.4 Å².